The van der Waals surface area contributed by atoms with Gasteiger partial charge in [0.2, 0.25) is 11.8 Å². The normalized spacial score (nSPS) is 15.4. The Bertz CT molecular complexity index is 1070. The molecule has 0 unspecified atom stereocenters. The predicted molar refractivity (Wildman–Crippen MR) is 132 cm³/mol. The lowest BCUT2D eigenvalue weighted by atomic mass is 10.0. The number of hydrogen-bond donors (Lipinski definition) is 1. The van der Waals surface area contributed by atoms with Gasteiger partial charge >= 0.3 is 0 Å². The van der Waals surface area contributed by atoms with E-state index < -0.39 is 5.37 Å². The first kappa shape index (κ1) is 24.9. The summed E-state index contributed by atoms with van der Waals surface area (Å²) in [6.07, 6.45) is 0. The standard InChI is InChI=1S/C24H28ClN3O4S/c1-14(2)19-8-6-15(3)12-22(19)32-11-10-31-21-9-7-18(13-20(21)25)23-28(17(5)30)27-24(33-23)26-16(4)29/h6-9,12-14,23H,10-11H2,1-5H3,(H,26,27,29)/t23-/m0/s1. The van der Waals surface area contributed by atoms with E-state index in [1.807, 2.05) is 19.1 Å². The lowest BCUT2D eigenvalue weighted by molar-refractivity contribution is -0.129. The van der Waals surface area contributed by atoms with Crippen LogP contribution in [-0.4, -0.2) is 35.2 Å². The maximum atomic E-state index is 12.0. The Hall–Kier alpha value is -2.71. The Labute approximate surface area is 203 Å². The van der Waals surface area contributed by atoms with Gasteiger partial charge in [-0.15, -0.1) is 5.10 Å². The molecule has 9 heteroatoms. The molecular weight excluding hydrogens is 462 g/mol. The highest BCUT2D eigenvalue weighted by atomic mass is 35.5. The van der Waals surface area contributed by atoms with Gasteiger partial charge in [0.15, 0.2) is 5.17 Å². The molecule has 1 N–H and O–H groups in total. The third-order valence-corrected chi connectivity index (χ3v) is 6.28. The maximum absolute atomic E-state index is 12.0. The number of carbonyl (C=O) groups is 2. The predicted octanol–water partition coefficient (Wildman–Crippen LogP) is 5.23. The number of aryl methyl sites for hydroxylation is 1. The summed E-state index contributed by atoms with van der Waals surface area (Å²) >= 11 is 7.72. The second-order valence-corrected chi connectivity index (χ2v) is 9.48. The molecule has 0 spiro atoms. The van der Waals surface area contributed by atoms with Gasteiger partial charge < -0.3 is 14.8 Å². The van der Waals surface area contributed by atoms with Crippen LogP contribution >= 0.6 is 23.4 Å². The van der Waals surface area contributed by atoms with Crippen LogP contribution in [0.1, 0.15) is 55.7 Å². The number of ether oxygens (including phenoxy) is 2. The lowest BCUT2D eigenvalue weighted by Crippen LogP contribution is -2.25. The van der Waals surface area contributed by atoms with Crippen molar-refractivity contribution < 1.29 is 19.1 Å². The van der Waals surface area contributed by atoms with Crippen molar-refractivity contribution in [2.45, 2.75) is 45.9 Å². The molecule has 7 nitrogen and oxygen atoms in total. The van der Waals surface area contributed by atoms with Crippen LogP contribution in [0, 0.1) is 6.92 Å². The number of carbonyl (C=O) groups excluding carboxylic acids is 2. The maximum Gasteiger partial charge on any atom is 0.241 e. The van der Waals surface area contributed by atoms with Gasteiger partial charge in [-0.05, 0) is 47.7 Å². The Kier molecular flexibility index (Phi) is 8.26. The zero-order chi connectivity index (χ0) is 24.1. The largest absolute Gasteiger partial charge is 0.490 e. The van der Waals surface area contributed by atoms with Gasteiger partial charge in [-0.25, -0.2) is 5.01 Å². The summed E-state index contributed by atoms with van der Waals surface area (Å²) in [7, 11) is 0. The molecule has 0 aromatic heterocycles. The van der Waals surface area contributed by atoms with E-state index in [0.29, 0.717) is 35.1 Å². The van der Waals surface area contributed by atoms with Gasteiger partial charge in [-0.2, -0.15) is 0 Å². The molecule has 0 saturated carbocycles. The molecule has 1 heterocycles. The number of amides is 2. The Morgan fingerprint density at radius 2 is 1.82 bits per heavy atom. The van der Waals surface area contributed by atoms with Crippen LogP contribution in [0.4, 0.5) is 0 Å². The summed E-state index contributed by atoms with van der Waals surface area (Å²) in [6.45, 7) is 9.83. The zero-order valence-electron chi connectivity index (χ0n) is 19.3. The molecule has 3 rings (SSSR count). The van der Waals surface area contributed by atoms with E-state index in [4.69, 9.17) is 21.1 Å². The molecule has 1 atom stereocenters. The number of hydrazone groups is 1. The van der Waals surface area contributed by atoms with Crippen LogP contribution in [-0.2, 0) is 9.59 Å². The number of benzene rings is 2. The lowest BCUT2D eigenvalue weighted by Gasteiger charge is -2.20. The van der Waals surface area contributed by atoms with Crippen molar-refractivity contribution in [3.63, 3.8) is 0 Å². The van der Waals surface area contributed by atoms with E-state index in [2.05, 4.69) is 36.4 Å². The van der Waals surface area contributed by atoms with Crippen LogP contribution < -0.4 is 14.8 Å². The zero-order valence-corrected chi connectivity index (χ0v) is 20.9. The van der Waals surface area contributed by atoms with Crippen molar-refractivity contribution in [1.82, 2.24) is 10.3 Å². The average molecular weight is 490 g/mol. The van der Waals surface area contributed by atoms with E-state index in [9.17, 15) is 9.59 Å². The smallest absolute Gasteiger partial charge is 0.241 e. The number of rotatable bonds is 7. The SMILES string of the molecule is CC(=O)NC1=NN(C(C)=O)[C@H](c2ccc(OCCOc3cc(C)ccc3C(C)C)c(Cl)c2)S1. The first-order valence-corrected chi connectivity index (χ1v) is 11.9. The molecule has 0 fully saturated rings. The molecule has 2 aromatic rings. The van der Waals surface area contributed by atoms with Gasteiger partial charge in [0, 0.05) is 13.8 Å². The summed E-state index contributed by atoms with van der Waals surface area (Å²) in [5, 5.41) is 8.51. The highest BCUT2D eigenvalue weighted by Gasteiger charge is 2.32. The van der Waals surface area contributed by atoms with Crippen LogP contribution in [0.5, 0.6) is 11.5 Å². The Balaban J connectivity index is 1.62. The molecule has 2 amide bonds. The molecule has 2 aromatic carbocycles. The summed E-state index contributed by atoms with van der Waals surface area (Å²) in [4.78, 5) is 23.4. The molecule has 0 saturated heterocycles. The molecular formula is C24H28ClN3O4S. The summed E-state index contributed by atoms with van der Waals surface area (Å²) < 4.78 is 11.8. The van der Waals surface area contributed by atoms with Crippen LogP contribution in [0.3, 0.4) is 0 Å². The van der Waals surface area contributed by atoms with Gasteiger partial charge in [-0.3, -0.25) is 9.59 Å². The molecule has 33 heavy (non-hydrogen) atoms. The third kappa shape index (κ3) is 6.42. The molecule has 176 valence electrons. The number of amidine groups is 1. The fraction of sp³-hybridized carbons (Fsp3) is 0.375. The van der Waals surface area contributed by atoms with E-state index in [1.54, 1.807) is 12.1 Å². The molecule has 0 radical (unpaired) electrons. The fourth-order valence-electron chi connectivity index (χ4n) is 3.31. The number of nitrogens with zero attached hydrogens (tertiary/aromatic N) is 2. The number of halogens is 1. The highest BCUT2D eigenvalue weighted by molar-refractivity contribution is 8.14. The first-order valence-electron chi connectivity index (χ1n) is 10.6. The van der Waals surface area contributed by atoms with E-state index in [0.717, 1.165) is 22.4 Å². The number of thioether (sulfide) groups is 1. The second kappa shape index (κ2) is 10.9. The summed E-state index contributed by atoms with van der Waals surface area (Å²) in [6, 6.07) is 11.6. The Morgan fingerprint density at radius 1 is 1.12 bits per heavy atom. The number of hydrogen-bond acceptors (Lipinski definition) is 6. The van der Waals surface area contributed by atoms with Crippen molar-refractivity contribution in [3.05, 3.63) is 58.1 Å². The van der Waals surface area contributed by atoms with Crippen LogP contribution in [0.2, 0.25) is 5.02 Å². The van der Waals surface area contributed by atoms with Crippen molar-refractivity contribution in [1.29, 1.82) is 0 Å². The quantitative estimate of drug-likeness (QED) is 0.538. The number of nitrogens with one attached hydrogen (secondary N) is 1. The van der Waals surface area contributed by atoms with Crippen molar-refractivity contribution in [2.75, 3.05) is 13.2 Å². The molecule has 0 bridgehead atoms. The fourth-order valence-corrected chi connectivity index (χ4v) is 4.68. The second-order valence-electron chi connectivity index (χ2n) is 8.00. The van der Waals surface area contributed by atoms with Gasteiger partial charge in [0.05, 0.1) is 5.02 Å². The van der Waals surface area contributed by atoms with Crippen molar-refractivity contribution >= 4 is 40.3 Å². The minimum atomic E-state index is -0.421. The summed E-state index contributed by atoms with van der Waals surface area (Å²) in [5.74, 6) is 1.27. The highest BCUT2D eigenvalue weighted by Crippen LogP contribution is 2.41. The molecule has 1 aliphatic rings. The van der Waals surface area contributed by atoms with E-state index in [1.165, 1.54) is 30.6 Å². The molecule has 0 aliphatic carbocycles. The van der Waals surface area contributed by atoms with Crippen LogP contribution in [0.25, 0.3) is 0 Å². The van der Waals surface area contributed by atoms with Gasteiger partial charge in [0.1, 0.15) is 30.1 Å². The van der Waals surface area contributed by atoms with Crippen molar-refractivity contribution in [3.8, 4) is 11.5 Å². The minimum Gasteiger partial charge on any atom is -0.490 e. The third-order valence-electron chi connectivity index (χ3n) is 4.88. The minimum absolute atomic E-state index is 0.238. The summed E-state index contributed by atoms with van der Waals surface area (Å²) in [5.41, 5.74) is 3.08. The van der Waals surface area contributed by atoms with Crippen molar-refractivity contribution in [2.24, 2.45) is 5.10 Å². The van der Waals surface area contributed by atoms with E-state index in [-0.39, 0.29) is 11.8 Å². The first-order chi connectivity index (χ1) is 15.7. The van der Waals surface area contributed by atoms with Crippen LogP contribution in [0.15, 0.2) is 41.5 Å². The van der Waals surface area contributed by atoms with Gasteiger partial charge in [0.25, 0.3) is 0 Å². The topological polar surface area (TPSA) is 80.2 Å². The molecule has 1 aliphatic heterocycles. The van der Waals surface area contributed by atoms with E-state index >= 15 is 0 Å². The van der Waals surface area contributed by atoms with Gasteiger partial charge in [-0.1, -0.05) is 55.4 Å². The monoisotopic (exact) mass is 489 g/mol. The Morgan fingerprint density at radius 3 is 2.42 bits per heavy atom. The average Bonchev–Trinajstić information content (AvgIpc) is 3.15.